The number of nitrogen functional groups attached to an aromatic ring is 1. The minimum Gasteiger partial charge on any atom is -0.392 e. The molecular formula is C15H16ClN5O3. The molecule has 24 heavy (non-hydrogen) atoms. The van der Waals surface area contributed by atoms with Gasteiger partial charge in [-0.2, -0.15) is 0 Å². The molecule has 9 heteroatoms. The quantitative estimate of drug-likeness (QED) is 0.634. The van der Waals surface area contributed by atoms with E-state index in [-0.39, 0.29) is 17.4 Å². The molecule has 1 fully saturated rings. The van der Waals surface area contributed by atoms with Crippen LogP contribution < -0.4 is 27.2 Å². The highest BCUT2D eigenvalue weighted by molar-refractivity contribution is 6.30. The van der Waals surface area contributed by atoms with E-state index in [2.05, 4.69) is 15.2 Å². The fourth-order valence-corrected chi connectivity index (χ4v) is 2.82. The lowest BCUT2D eigenvalue weighted by atomic mass is 10.2. The third-order valence-electron chi connectivity index (χ3n) is 3.92. The molecule has 8 nitrogen and oxygen atoms in total. The van der Waals surface area contributed by atoms with Crippen molar-refractivity contribution in [3.8, 4) is 0 Å². The molecule has 0 unspecified atom stereocenters. The molecule has 1 aromatic heterocycles. The van der Waals surface area contributed by atoms with Gasteiger partial charge in [0.2, 0.25) is 0 Å². The molecule has 1 atom stereocenters. The Kier molecular flexibility index (Phi) is 4.30. The Morgan fingerprint density at radius 3 is 2.67 bits per heavy atom. The second-order valence-electron chi connectivity index (χ2n) is 5.58. The van der Waals surface area contributed by atoms with Gasteiger partial charge >= 0.3 is 5.69 Å². The van der Waals surface area contributed by atoms with Gasteiger partial charge in [0.15, 0.2) is 0 Å². The highest BCUT2D eigenvalue weighted by atomic mass is 35.5. The number of H-pyrrole nitrogens is 2. The number of carbonyl (C=O) groups excluding carboxylic acids is 1. The summed E-state index contributed by atoms with van der Waals surface area (Å²) in [5.41, 5.74) is 4.51. The number of rotatable bonds is 3. The molecular weight excluding hydrogens is 334 g/mol. The Morgan fingerprint density at radius 2 is 1.96 bits per heavy atom. The number of hydrogen-bond acceptors (Lipinski definition) is 5. The first kappa shape index (κ1) is 16.1. The number of nitrogens with zero attached hydrogens (tertiary/aromatic N) is 1. The van der Waals surface area contributed by atoms with Crippen LogP contribution in [0.2, 0.25) is 5.02 Å². The van der Waals surface area contributed by atoms with Gasteiger partial charge in [-0.3, -0.25) is 14.6 Å². The third kappa shape index (κ3) is 3.28. The summed E-state index contributed by atoms with van der Waals surface area (Å²) in [4.78, 5) is 41.4. The first-order chi connectivity index (χ1) is 11.4. The minimum absolute atomic E-state index is 0.115. The summed E-state index contributed by atoms with van der Waals surface area (Å²) < 4.78 is 0. The van der Waals surface area contributed by atoms with E-state index in [1.807, 2.05) is 29.2 Å². The lowest BCUT2D eigenvalue weighted by Gasteiger charge is -2.19. The van der Waals surface area contributed by atoms with Crippen LogP contribution in [0, 0.1) is 0 Å². The second-order valence-corrected chi connectivity index (χ2v) is 6.01. The number of amides is 1. The normalized spacial score (nSPS) is 17.0. The maximum atomic E-state index is 12.3. The van der Waals surface area contributed by atoms with Crippen LogP contribution in [-0.2, 0) is 0 Å². The van der Waals surface area contributed by atoms with Crippen molar-refractivity contribution in [1.29, 1.82) is 0 Å². The summed E-state index contributed by atoms with van der Waals surface area (Å²) in [6.45, 7) is 1.38. The van der Waals surface area contributed by atoms with Crippen LogP contribution in [0.3, 0.4) is 0 Å². The lowest BCUT2D eigenvalue weighted by molar-refractivity contribution is 0.0935. The molecule has 0 aliphatic carbocycles. The van der Waals surface area contributed by atoms with E-state index in [1.165, 1.54) is 0 Å². The van der Waals surface area contributed by atoms with Crippen molar-refractivity contribution < 1.29 is 4.79 Å². The van der Waals surface area contributed by atoms with Crippen molar-refractivity contribution >= 4 is 28.9 Å². The van der Waals surface area contributed by atoms with Gasteiger partial charge in [-0.05, 0) is 30.7 Å². The van der Waals surface area contributed by atoms with E-state index < -0.39 is 17.2 Å². The predicted octanol–water partition coefficient (Wildman–Crippen LogP) is 0.307. The summed E-state index contributed by atoms with van der Waals surface area (Å²) in [7, 11) is 0. The van der Waals surface area contributed by atoms with Gasteiger partial charge in [-0.25, -0.2) is 4.79 Å². The SMILES string of the molecule is Nc1c(C(=O)N[C@H]2CCN(c3ccc(Cl)cc3)C2)[nH]c(=O)[nH]c1=O. The molecule has 0 bridgehead atoms. The number of hydrogen-bond donors (Lipinski definition) is 4. The summed E-state index contributed by atoms with van der Waals surface area (Å²) >= 11 is 5.88. The van der Waals surface area contributed by atoms with E-state index in [0.29, 0.717) is 11.6 Å². The van der Waals surface area contributed by atoms with E-state index in [0.717, 1.165) is 18.7 Å². The molecule has 2 heterocycles. The number of nitrogens with two attached hydrogens (primary N) is 1. The van der Waals surface area contributed by atoms with Crippen LogP contribution in [0.5, 0.6) is 0 Å². The topological polar surface area (TPSA) is 124 Å². The van der Waals surface area contributed by atoms with Gasteiger partial charge in [0.05, 0.1) is 0 Å². The Morgan fingerprint density at radius 1 is 1.25 bits per heavy atom. The number of benzene rings is 1. The fourth-order valence-electron chi connectivity index (χ4n) is 2.70. The molecule has 1 aromatic carbocycles. The minimum atomic E-state index is -0.780. The number of anilines is 2. The summed E-state index contributed by atoms with van der Waals surface area (Å²) in [6, 6.07) is 7.34. The molecule has 0 saturated carbocycles. The Bertz CT molecular complexity index is 874. The number of nitrogens with one attached hydrogen (secondary N) is 3. The molecule has 5 N–H and O–H groups in total. The maximum Gasteiger partial charge on any atom is 0.326 e. The zero-order chi connectivity index (χ0) is 17.3. The highest BCUT2D eigenvalue weighted by Crippen LogP contribution is 2.22. The van der Waals surface area contributed by atoms with Gasteiger partial charge in [0.25, 0.3) is 11.5 Å². The van der Waals surface area contributed by atoms with Crippen molar-refractivity contribution in [2.24, 2.45) is 0 Å². The van der Waals surface area contributed by atoms with E-state index >= 15 is 0 Å². The van der Waals surface area contributed by atoms with Crippen LogP contribution in [0.4, 0.5) is 11.4 Å². The first-order valence-electron chi connectivity index (χ1n) is 7.37. The van der Waals surface area contributed by atoms with Crippen LogP contribution in [0.25, 0.3) is 0 Å². The largest absolute Gasteiger partial charge is 0.392 e. The van der Waals surface area contributed by atoms with Crippen molar-refractivity contribution in [3.63, 3.8) is 0 Å². The van der Waals surface area contributed by atoms with Crippen LogP contribution >= 0.6 is 11.6 Å². The van der Waals surface area contributed by atoms with Crippen LogP contribution in [-0.4, -0.2) is 35.0 Å². The average Bonchev–Trinajstić information content (AvgIpc) is 3.00. The number of halogens is 1. The maximum absolute atomic E-state index is 12.3. The summed E-state index contributed by atoms with van der Waals surface area (Å²) in [6.07, 6.45) is 0.738. The monoisotopic (exact) mass is 349 g/mol. The van der Waals surface area contributed by atoms with Gasteiger partial charge in [0.1, 0.15) is 11.4 Å². The Balaban J connectivity index is 1.69. The summed E-state index contributed by atoms with van der Waals surface area (Å²) in [5, 5.41) is 3.46. The van der Waals surface area contributed by atoms with Crippen molar-refractivity contribution in [1.82, 2.24) is 15.3 Å². The van der Waals surface area contributed by atoms with E-state index in [4.69, 9.17) is 17.3 Å². The molecule has 1 amide bonds. The number of carbonyl (C=O) groups is 1. The predicted molar refractivity (Wildman–Crippen MR) is 91.6 cm³/mol. The Hall–Kier alpha value is -2.74. The molecule has 0 spiro atoms. The standard InChI is InChI=1S/C15H16ClN5O3/c16-8-1-3-10(4-2-8)21-6-5-9(7-21)18-14(23)12-11(17)13(22)20-15(24)19-12/h1-4,9H,5-7,17H2,(H,18,23)(H2,19,20,22,24)/t9-/m0/s1. The van der Waals surface area contributed by atoms with Crippen LogP contribution in [0.15, 0.2) is 33.9 Å². The van der Waals surface area contributed by atoms with Gasteiger partial charge in [0, 0.05) is 29.8 Å². The van der Waals surface area contributed by atoms with E-state index in [1.54, 1.807) is 0 Å². The zero-order valence-electron chi connectivity index (χ0n) is 12.6. The molecule has 0 radical (unpaired) electrons. The molecule has 1 aliphatic heterocycles. The third-order valence-corrected chi connectivity index (χ3v) is 4.17. The Labute approximate surface area is 141 Å². The molecule has 2 aromatic rings. The molecule has 3 rings (SSSR count). The van der Waals surface area contributed by atoms with E-state index in [9.17, 15) is 14.4 Å². The smallest absolute Gasteiger partial charge is 0.326 e. The molecule has 1 saturated heterocycles. The summed E-state index contributed by atoms with van der Waals surface area (Å²) in [5.74, 6) is -0.571. The lowest BCUT2D eigenvalue weighted by Crippen LogP contribution is -2.40. The first-order valence-corrected chi connectivity index (χ1v) is 7.75. The second kappa shape index (κ2) is 6.40. The number of aromatic amines is 2. The van der Waals surface area contributed by atoms with Crippen LogP contribution in [0.1, 0.15) is 16.9 Å². The average molecular weight is 350 g/mol. The van der Waals surface area contributed by atoms with Crippen molar-refractivity contribution in [2.45, 2.75) is 12.5 Å². The van der Waals surface area contributed by atoms with Crippen molar-refractivity contribution in [3.05, 3.63) is 55.8 Å². The highest BCUT2D eigenvalue weighted by Gasteiger charge is 2.25. The van der Waals surface area contributed by atoms with Gasteiger partial charge in [-0.1, -0.05) is 11.6 Å². The van der Waals surface area contributed by atoms with Crippen molar-refractivity contribution in [2.75, 3.05) is 23.7 Å². The fraction of sp³-hybridized carbons (Fsp3) is 0.267. The number of aromatic nitrogens is 2. The zero-order valence-corrected chi connectivity index (χ0v) is 13.4. The van der Waals surface area contributed by atoms with Gasteiger partial charge < -0.3 is 20.9 Å². The van der Waals surface area contributed by atoms with Gasteiger partial charge in [-0.15, -0.1) is 0 Å². The molecule has 1 aliphatic rings. The molecule has 126 valence electrons.